The molecule has 0 spiro atoms. The summed E-state index contributed by atoms with van der Waals surface area (Å²) in [5.41, 5.74) is 2.74. The Kier molecular flexibility index (Phi) is 10.1. The predicted molar refractivity (Wildman–Crippen MR) is 152 cm³/mol. The average Bonchev–Trinajstić information content (AvgIpc) is 2.91. The zero-order chi connectivity index (χ0) is 24.8. The molecule has 5 nitrogen and oxygen atoms in total. The number of hydrogen-bond donors (Lipinski definition) is 0. The number of nitrogens with zero attached hydrogens (tertiary/aromatic N) is 2. The number of methoxy groups -OCH3 is 2. The Labute approximate surface area is 225 Å². The van der Waals surface area contributed by atoms with Crippen LogP contribution in [-0.4, -0.2) is 57.3 Å². The number of piperazine rings is 1. The molecule has 1 heterocycles. The van der Waals surface area contributed by atoms with E-state index >= 15 is 0 Å². The van der Waals surface area contributed by atoms with Gasteiger partial charge in [-0.25, -0.2) is 4.79 Å². The van der Waals surface area contributed by atoms with Gasteiger partial charge in [-0.05, 0) is 41.6 Å². The molecular weight excluding hydrogens is 495 g/mol. The van der Waals surface area contributed by atoms with Crippen LogP contribution in [0.1, 0.15) is 31.7 Å². The first-order valence-corrected chi connectivity index (χ1v) is 12.6. The molecule has 36 heavy (non-hydrogen) atoms. The SMILES string of the molecule is CCCCC(C(=C=O)c1ccc2c(Cl)c(OC)ccc2c1)N1CCN(c2ccccc2OC)CC1.Cl. The molecule has 0 aromatic heterocycles. The van der Waals surface area contributed by atoms with Gasteiger partial charge in [-0.2, -0.15) is 0 Å². The number of hydrogen-bond acceptors (Lipinski definition) is 5. The highest BCUT2D eigenvalue weighted by Gasteiger charge is 2.29. The molecule has 0 amide bonds. The standard InChI is InChI=1S/C29H33ClN2O3.ClH/c1-4-5-8-25(31-15-17-32(18-16-31)26-9-6-7-10-27(26)34-2)24(20-33)22-11-13-23-21(19-22)12-14-28(35-3)29(23)30;/h6-7,9-14,19,25H,4-5,8,15-18H2,1-3H3;1H. The first-order chi connectivity index (χ1) is 17.1. The number of anilines is 1. The fourth-order valence-corrected chi connectivity index (χ4v) is 5.30. The minimum Gasteiger partial charge on any atom is -0.495 e. The normalized spacial score (nSPS) is 14.6. The Balaban J connectivity index is 0.00000361. The summed E-state index contributed by atoms with van der Waals surface area (Å²) in [6.07, 6.45) is 3.06. The number of halogens is 2. The smallest absolute Gasteiger partial charge is 0.142 e. The summed E-state index contributed by atoms with van der Waals surface area (Å²) < 4.78 is 10.9. The van der Waals surface area contributed by atoms with Crippen LogP contribution in [-0.2, 0) is 4.79 Å². The third-order valence-electron chi connectivity index (χ3n) is 6.90. The fourth-order valence-electron chi connectivity index (χ4n) is 4.99. The van der Waals surface area contributed by atoms with E-state index in [1.807, 2.05) is 48.5 Å². The molecule has 0 radical (unpaired) electrons. The lowest BCUT2D eigenvalue weighted by Crippen LogP contribution is -2.50. The molecule has 1 saturated heterocycles. The molecule has 3 aromatic rings. The summed E-state index contributed by atoms with van der Waals surface area (Å²) in [5, 5.41) is 2.48. The highest BCUT2D eigenvalue weighted by atomic mass is 35.5. The summed E-state index contributed by atoms with van der Waals surface area (Å²) >= 11 is 6.52. The van der Waals surface area contributed by atoms with E-state index in [0.29, 0.717) is 10.8 Å². The van der Waals surface area contributed by atoms with Gasteiger partial charge in [0.15, 0.2) is 0 Å². The number of carbonyl (C=O) groups excluding carboxylic acids is 1. The second-order valence-electron chi connectivity index (χ2n) is 8.89. The largest absolute Gasteiger partial charge is 0.495 e. The third kappa shape index (κ3) is 5.82. The fraction of sp³-hybridized carbons (Fsp3) is 0.379. The van der Waals surface area contributed by atoms with Gasteiger partial charge in [-0.1, -0.05) is 61.7 Å². The molecule has 7 heteroatoms. The minimum atomic E-state index is 0. The minimum absolute atomic E-state index is 0. The number of rotatable bonds is 9. The Hall–Kier alpha value is -2.69. The van der Waals surface area contributed by atoms with Crippen LogP contribution in [0.25, 0.3) is 16.3 Å². The Morgan fingerprint density at radius 3 is 2.39 bits per heavy atom. The van der Waals surface area contributed by atoms with Crippen LogP contribution in [0.15, 0.2) is 54.6 Å². The molecule has 1 unspecified atom stereocenters. The van der Waals surface area contributed by atoms with E-state index in [4.69, 9.17) is 21.1 Å². The molecular formula is C29H34Cl2N2O3. The van der Waals surface area contributed by atoms with Crippen LogP contribution in [0.3, 0.4) is 0 Å². The van der Waals surface area contributed by atoms with Gasteiger partial charge in [0.2, 0.25) is 0 Å². The topological polar surface area (TPSA) is 42.0 Å². The van der Waals surface area contributed by atoms with E-state index < -0.39 is 0 Å². The predicted octanol–water partition coefficient (Wildman–Crippen LogP) is 6.53. The van der Waals surface area contributed by atoms with E-state index in [2.05, 4.69) is 28.7 Å². The summed E-state index contributed by atoms with van der Waals surface area (Å²) in [6.45, 7) is 5.68. The maximum Gasteiger partial charge on any atom is 0.142 e. The summed E-state index contributed by atoms with van der Waals surface area (Å²) in [4.78, 5) is 17.2. The van der Waals surface area contributed by atoms with Crippen LogP contribution >= 0.6 is 24.0 Å². The highest BCUT2D eigenvalue weighted by Crippen LogP contribution is 2.35. The number of fused-ring (bicyclic) bond motifs is 1. The van der Waals surface area contributed by atoms with Gasteiger partial charge in [0.25, 0.3) is 0 Å². The lowest BCUT2D eigenvalue weighted by atomic mass is 9.92. The Morgan fingerprint density at radius 2 is 1.72 bits per heavy atom. The van der Waals surface area contributed by atoms with Gasteiger partial charge in [-0.15, -0.1) is 12.4 Å². The van der Waals surface area contributed by atoms with Crippen molar-refractivity contribution in [2.45, 2.75) is 32.2 Å². The Bertz CT molecular complexity index is 1220. The molecule has 0 N–H and O–H groups in total. The number of para-hydroxylation sites is 2. The molecule has 4 rings (SSSR count). The van der Waals surface area contributed by atoms with E-state index in [-0.39, 0.29) is 18.4 Å². The second-order valence-corrected chi connectivity index (χ2v) is 9.26. The van der Waals surface area contributed by atoms with Crippen LogP contribution in [0.4, 0.5) is 5.69 Å². The quantitative estimate of drug-likeness (QED) is 0.295. The van der Waals surface area contributed by atoms with Crippen molar-refractivity contribution in [3.05, 3.63) is 65.2 Å². The lowest BCUT2D eigenvalue weighted by molar-refractivity contribution is 0.211. The molecule has 0 bridgehead atoms. The number of benzene rings is 3. The van der Waals surface area contributed by atoms with Crippen LogP contribution in [0.5, 0.6) is 11.5 Å². The lowest BCUT2D eigenvalue weighted by Gasteiger charge is -2.41. The first kappa shape index (κ1) is 27.9. The zero-order valence-corrected chi connectivity index (χ0v) is 22.7. The maximum absolute atomic E-state index is 12.4. The van der Waals surface area contributed by atoms with Gasteiger partial charge >= 0.3 is 0 Å². The molecule has 3 aromatic carbocycles. The van der Waals surface area contributed by atoms with Gasteiger partial charge in [0, 0.05) is 37.6 Å². The number of ether oxygens (including phenoxy) is 2. The molecule has 1 aliphatic heterocycles. The third-order valence-corrected chi connectivity index (χ3v) is 7.29. The van der Waals surface area contributed by atoms with Crippen molar-refractivity contribution in [1.82, 2.24) is 4.90 Å². The number of unbranched alkanes of at least 4 members (excludes halogenated alkanes) is 1. The van der Waals surface area contributed by atoms with Crippen LogP contribution in [0.2, 0.25) is 5.02 Å². The van der Waals surface area contributed by atoms with E-state index in [0.717, 1.165) is 78.8 Å². The van der Waals surface area contributed by atoms with Gasteiger partial charge in [0.05, 0.1) is 30.5 Å². The zero-order valence-electron chi connectivity index (χ0n) is 21.1. The van der Waals surface area contributed by atoms with Crippen molar-refractivity contribution in [3.63, 3.8) is 0 Å². The van der Waals surface area contributed by atoms with Crippen molar-refractivity contribution < 1.29 is 14.3 Å². The second kappa shape index (κ2) is 13.0. The summed E-state index contributed by atoms with van der Waals surface area (Å²) in [6, 6.07) is 18.0. The van der Waals surface area contributed by atoms with E-state index in [1.54, 1.807) is 14.2 Å². The van der Waals surface area contributed by atoms with Crippen molar-refractivity contribution in [2.75, 3.05) is 45.3 Å². The molecule has 1 aliphatic rings. The van der Waals surface area contributed by atoms with Crippen molar-refractivity contribution in [3.8, 4) is 11.5 Å². The summed E-state index contributed by atoms with van der Waals surface area (Å²) in [5.74, 6) is 3.86. The molecule has 1 fully saturated rings. The average molecular weight is 530 g/mol. The molecule has 0 aliphatic carbocycles. The van der Waals surface area contributed by atoms with Crippen molar-refractivity contribution in [2.24, 2.45) is 0 Å². The van der Waals surface area contributed by atoms with Crippen molar-refractivity contribution in [1.29, 1.82) is 0 Å². The summed E-state index contributed by atoms with van der Waals surface area (Å²) in [7, 11) is 3.32. The van der Waals surface area contributed by atoms with Gasteiger partial charge in [0.1, 0.15) is 17.4 Å². The molecule has 1 atom stereocenters. The molecule has 0 saturated carbocycles. The van der Waals surface area contributed by atoms with E-state index in [9.17, 15) is 4.79 Å². The van der Waals surface area contributed by atoms with E-state index in [1.165, 1.54) is 0 Å². The molecule has 192 valence electrons. The van der Waals surface area contributed by atoms with Crippen LogP contribution < -0.4 is 14.4 Å². The van der Waals surface area contributed by atoms with Gasteiger partial charge < -0.3 is 14.4 Å². The van der Waals surface area contributed by atoms with Crippen molar-refractivity contribution >= 4 is 52.0 Å². The maximum atomic E-state index is 12.4. The van der Waals surface area contributed by atoms with Gasteiger partial charge in [-0.3, -0.25) is 4.90 Å². The van der Waals surface area contributed by atoms with Crippen LogP contribution in [0, 0.1) is 0 Å². The Morgan fingerprint density at radius 1 is 1.00 bits per heavy atom. The first-order valence-electron chi connectivity index (χ1n) is 12.2. The monoisotopic (exact) mass is 528 g/mol. The highest BCUT2D eigenvalue weighted by molar-refractivity contribution is 6.37.